The van der Waals surface area contributed by atoms with Crippen molar-refractivity contribution in [2.24, 2.45) is 5.92 Å². The van der Waals surface area contributed by atoms with Crippen LogP contribution in [0.3, 0.4) is 0 Å². The molecule has 1 aromatic heterocycles. The Morgan fingerprint density at radius 3 is 2.82 bits per heavy atom. The number of aromatic nitrogens is 1. The van der Waals surface area contributed by atoms with Crippen LogP contribution in [-0.2, 0) is 10.6 Å². The van der Waals surface area contributed by atoms with Crippen LogP contribution in [0.15, 0.2) is 6.20 Å². The summed E-state index contributed by atoms with van der Waals surface area (Å²) in [6.07, 6.45) is 8.69. The molecule has 4 heteroatoms. The van der Waals surface area contributed by atoms with Crippen LogP contribution in [0.5, 0.6) is 0 Å². The fourth-order valence-electron chi connectivity index (χ4n) is 2.54. The summed E-state index contributed by atoms with van der Waals surface area (Å²) in [5, 5.41) is 1.12. The minimum absolute atomic E-state index is 0.197. The predicted octanol–water partition coefficient (Wildman–Crippen LogP) is 4.54. The number of thiazole rings is 1. The van der Waals surface area contributed by atoms with Gasteiger partial charge in [-0.25, -0.2) is 4.98 Å². The number of hydrogen-bond acceptors (Lipinski definition) is 3. The summed E-state index contributed by atoms with van der Waals surface area (Å²) < 4.78 is 5.93. The summed E-state index contributed by atoms with van der Waals surface area (Å²) in [5.41, 5.74) is 0. The zero-order chi connectivity index (χ0) is 12.1. The number of nitrogens with zero attached hydrogens (tertiary/aromatic N) is 1. The van der Waals surface area contributed by atoms with E-state index in [1.807, 2.05) is 6.20 Å². The van der Waals surface area contributed by atoms with E-state index < -0.39 is 0 Å². The molecular formula is C13H20ClNOS. The third-order valence-corrected chi connectivity index (χ3v) is 4.88. The monoisotopic (exact) mass is 273 g/mol. The Hall–Kier alpha value is -0.120. The molecule has 0 N–H and O–H groups in total. The van der Waals surface area contributed by atoms with E-state index in [0.717, 1.165) is 16.5 Å². The van der Waals surface area contributed by atoms with Gasteiger partial charge >= 0.3 is 0 Å². The van der Waals surface area contributed by atoms with E-state index in [4.69, 9.17) is 16.3 Å². The fourth-order valence-corrected chi connectivity index (χ4v) is 3.68. The summed E-state index contributed by atoms with van der Waals surface area (Å²) in [7, 11) is 0. The maximum atomic E-state index is 5.93. The molecule has 1 fully saturated rings. The summed E-state index contributed by atoms with van der Waals surface area (Å²) in [4.78, 5) is 5.63. The number of rotatable bonds is 5. The smallest absolute Gasteiger partial charge is 0.122 e. The van der Waals surface area contributed by atoms with Crippen molar-refractivity contribution in [2.75, 3.05) is 6.61 Å². The van der Waals surface area contributed by atoms with Gasteiger partial charge < -0.3 is 4.74 Å². The molecule has 0 aromatic carbocycles. The normalized spacial score (nSPS) is 19.4. The Morgan fingerprint density at radius 2 is 2.24 bits per heavy atom. The summed E-state index contributed by atoms with van der Waals surface area (Å²) >= 11 is 7.54. The molecule has 1 aromatic rings. The highest BCUT2D eigenvalue weighted by Crippen LogP contribution is 2.38. The Kier molecular flexibility index (Phi) is 5.26. The lowest BCUT2D eigenvalue weighted by molar-refractivity contribution is 0.00551. The predicted molar refractivity (Wildman–Crippen MR) is 72.6 cm³/mol. The second-order valence-electron chi connectivity index (χ2n) is 4.57. The first kappa shape index (κ1) is 13.3. The topological polar surface area (TPSA) is 22.1 Å². The first-order valence-corrected chi connectivity index (χ1v) is 7.82. The van der Waals surface area contributed by atoms with Gasteiger partial charge in [0.2, 0.25) is 0 Å². The van der Waals surface area contributed by atoms with Gasteiger partial charge in [0, 0.05) is 17.7 Å². The van der Waals surface area contributed by atoms with Gasteiger partial charge in [-0.2, -0.15) is 0 Å². The minimum atomic E-state index is 0.197. The van der Waals surface area contributed by atoms with Crippen molar-refractivity contribution >= 4 is 22.9 Å². The molecule has 0 bridgehead atoms. The lowest BCUT2D eigenvalue weighted by atomic mass is 9.85. The van der Waals surface area contributed by atoms with Crippen LogP contribution in [0.4, 0.5) is 0 Å². The molecule has 1 aliphatic carbocycles. The molecule has 1 aliphatic rings. The van der Waals surface area contributed by atoms with Gasteiger partial charge in [0.05, 0.1) is 5.88 Å². The highest BCUT2D eigenvalue weighted by Gasteiger charge is 2.27. The molecule has 1 unspecified atom stereocenters. The van der Waals surface area contributed by atoms with E-state index in [-0.39, 0.29) is 6.10 Å². The Bertz CT molecular complexity index is 336. The molecule has 0 spiro atoms. The largest absolute Gasteiger partial charge is 0.371 e. The van der Waals surface area contributed by atoms with E-state index in [0.29, 0.717) is 11.8 Å². The zero-order valence-electron chi connectivity index (χ0n) is 10.3. The van der Waals surface area contributed by atoms with Gasteiger partial charge in [-0.3, -0.25) is 0 Å². The van der Waals surface area contributed by atoms with Gasteiger partial charge in [-0.05, 0) is 25.7 Å². The van der Waals surface area contributed by atoms with Crippen molar-refractivity contribution in [3.05, 3.63) is 16.1 Å². The number of hydrogen-bond donors (Lipinski definition) is 0. The molecular weight excluding hydrogens is 254 g/mol. The maximum absolute atomic E-state index is 5.93. The van der Waals surface area contributed by atoms with Crippen molar-refractivity contribution in [1.29, 1.82) is 0 Å². The van der Waals surface area contributed by atoms with E-state index in [2.05, 4.69) is 11.9 Å². The summed E-state index contributed by atoms with van der Waals surface area (Å²) in [6.45, 7) is 2.82. The summed E-state index contributed by atoms with van der Waals surface area (Å²) in [6, 6.07) is 0. The van der Waals surface area contributed by atoms with Crippen LogP contribution >= 0.6 is 22.9 Å². The van der Waals surface area contributed by atoms with Gasteiger partial charge in [0.25, 0.3) is 0 Å². The molecule has 96 valence electrons. The molecule has 0 amide bonds. The molecule has 2 nitrogen and oxygen atoms in total. The second-order valence-corrected chi connectivity index (χ2v) is 5.99. The van der Waals surface area contributed by atoms with Crippen molar-refractivity contribution in [3.8, 4) is 0 Å². The third kappa shape index (κ3) is 3.43. The molecule has 17 heavy (non-hydrogen) atoms. The van der Waals surface area contributed by atoms with Crippen molar-refractivity contribution in [1.82, 2.24) is 4.98 Å². The summed E-state index contributed by atoms with van der Waals surface area (Å²) in [5.74, 6) is 1.21. The first-order chi connectivity index (χ1) is 8.35. The number of alkyl halides is 1. The average Bonchev–Trinajstić information content (AvgIpc) is 2.85. The van der Waals surface area contributed by atoms with Gasteiger partial charge in [-0.15, -0.1) is 22.9 Å². The van der Waals surface area contributed by atoms with Gasteiger partial charge in [-0.1, -0.05) is 19.3 Å². The molecule has 0 saturated heterocycles. The lowest BCUT2D eigenvalue weighted by Crippen LogP contribution is -2.19. The SMILES string of the molecule is CCOC(c1ncc(CCl)s1)C1CCCCC1. The standard InChI is InChI=1S/C13H20ClNOS/c1-2-16-12(10-6-4-3-5-7-10)13-15-9-11(8-14)17-13/h9-10,12H,2-8H2,1H3. The van der Waals surface area contributed by atoms with E-state index >= 15 is 0 Å². The Balaban J connectivity index is 2.09. The molecule has 2 rings (SSSR count). The lowest BCUT2D eigenvalue weighted by Gasteiger charge is -2.28. The van der Waals surface area contributed by atoms with Crippen LogP contribution in [0.1, 0.15) is 55.0 Å². The maximum Gasteiger partial charge on any atom is 0.122 e. The highest BCUT2D eigenvalue weighted by atomic mass is 35.5. The van der Waals surface area contributed by atoms with Gasteiger partial charge in [0.15, 0.2) is 0 Å². The number of ether oxygens (including phenoxy) is 1. The number of halogens is 1. The minimum Gasteiger partial charge on any atom is -0.371 e. The molecule has 0 aliphatic heterocycles. The quantitative estimate of drug-likeness (QED) is 0.735. The third-order valence-electron chi connectivity index (χ3n) is 3.37. The molecule has 1 atom stereocenters. The Morgan fingerprint density at radius 1 is 1.47 bits per heavy atom. The van der Waals surface area contributed by atoms with Gasteiger partial charge in [0.1, 0.15) is 11.1 Å². The van der Waals surface area contributed by atoms with Crippen LogP contribution in [-0.4, -0.2) is 11.6 Å². The van der Waals surface area contributed by atoms with Crippen molar-refractivity contribution in [3.63, 3.8) is 0 Å². The zero-order valence-corrected chi connectivity index (χ0v) is 11.9. The van der Waals surface area contributed by atoms with E-state index in [9.17, 15) is 0 Å². The fraction of sp³-hybridized carbons (Fsp3) is 0.769. The average molecular weight is 274 g/mol. The van der Waals surface area contributed by atoms with E-state index in [1.54, 1.807) is 11.3 Å². The van der Waals surface area contributed by atoms with Crippen LogP contribution in [0, 0.1) is 5.92 Å². The van der Waals surface area contributed by atoms with Crippen LogP contribution in [0.25, 0.3) is 0 Å². The van der Waals surface area contributed by atoms with Crippen molar-refractivity contribution in [2.45, 2.75) is 51.0 Å². The van der Waals surface area contributed by atoms with Crippen LogP contribution < -0.4 is 0 Å². The second kappa shape index (κ2) is 6.72. The molecule has 1 heterocycles. The first-order valence-electron chi connectivity index (χ1n) is 6.47. The van der Waals surface area contributed by atoms with E-state index in [1.165, 1.54) is 32.1 Å². The molecule has 0 radical (unpaired) electrons. The highest BCUT2D eigenvalue weighted by molar-refractivity contribution is 7.11. The molecule has 1 saturated carbocycles. The Labute approximate surface area is 112 Å². The van der Waals surface area contributed by atoms with Crippen molar-refractivity contribution < 1.29 is 4.74 Å². The van der Waals surface area contributed by atoms with Crippen LogP contribution in [0.2, 0.25) is 0 Å².